The van der Waals surface area contributed by atoms with E-state index in [4.69, 9.17) is 0 Å². The standard InChI is InChI=1S/C13H9F2NO2/c14-9-3-4-10(11(15)6-9)12(13(17)18)8-2-1-5-16-7-8/h1-7,12H,(H,17,18). The molecule has 0 spiro atoms. The van der Waals surface area contributed by atoms with Crippen molar-refractivity contribution in [3.05, 3.63) is 65.5 Å². The lowest BCUT2D eigenvalue weighted by Gasteiger charge is -2.13. The van der Waals surface area contributed by atoms with Crippen molar-refractivity contribution in [3.63, 3.8) is 0 Å². The monoisotopic (exact) mass is 249 g/mol. The van der Waals surface area contributed by atoms with Gasteiger partial charge in [0.1, 0.15) is 17.6 Å². The summed E-state index contributed by atoms with van der Waals surface area (Å²) in [4.78, 5) is 15.1. The molecule has 18 heavy (non-hydrogen) atoms. The summed E-state index contributed by atoms with van der Waals surface area (Å²) in [6, 6.07) is 5.93. The molecule has 0 saturated heterocycles. The molecule has 0 radical (unpaired) electrons. The predicted molar refractivity (Wildman–Crippen MR) is 60.1 cm³/mol. The number of aliphatic carboxylic acids is 1. The fourth-order valence-electron chi connectivity index (χ4n) is 1.74. The molecular formula is C13H9F2NO2. The second kappa shape index (κ2) is 4.91. The molecule has 0 aliphatic rings. The Balaban J connectivity index is 2.52. The lowest BCUT2D eigenvalue weighted by molar-refractivity contribution is -0.137. The molecule has 0 bridgehead atoms. The Bertz CT molecular complexity index is 572. The van der Waals surface area contributed by atoms with Gasteiger partial charge in [-0.05, 0) is 17.7 Å². The first-order valence-electron chi connectivity index (χ1n) is 5.17. The normalized spacial score (nSPS) is 12.1. The van der Waals surface area contributed by atoms with Crippen molar-refractivity contribution >= 4 is 5.97 Å². The van der Waals surface area contributed by atoms with Crippen LogP contribution in [-0.4, -0.2) is 16.1 Å². The average Bonchev–Trinajstić information content (AvgIpc) is 2.33. The summed E-state index contributed by atoms with van der Waals surface area (Å²) in [5.41, 5.74) is 0.257. The van der Waals surface area contributed by atoms with E-state index in [-0.39, 0.29) is 5.56 Å². The van der Waals surface area contributed by atoms with Crippen molar-refractivity contribution in [2.45, 2.75) is 5.92 Å². The molecular weight excluding hydrogens is 240 g/mol. The highest BCUT2D eigenvalue weighted by molar-refractivity contribution is 5.80. The first-order valence-corrected chi connectivity index (χ1v) is 5.17. The summed E-state index contributed by atoms with van der Waals surface area (Å²) in [6.45, 7) is 0. The Morgan fingerprint density at radius 2 is 2.06 bits per heavy atom. The van der Waals surface area contributed by atoms with Crippen molar-refractivity contribution in [2.75, 3.05) is 0 Å². The molecule has 1 N–H and O–H groups in total. The van der Waals surface area contributed by atoms with Gasteiger partial charge in [0.2, 0.25) is 0 Å². The van der Waals surface area contributed by atoms with E-state index in [2.05, 4.69) is 4.98 Å². The average molecular weight is 249 g/mol. The molecule has 0 fully saturated rings. The van der Waals surface area contributed by atoms with E-state index < -0.39 is 23.5 Å². The fourth-order valence-corrected chi connectivity index (χ4v) is 1.74. The highest BCUT2D eigenvalue weighted by Gasteiger charge is 2.25. The van der Waals surface area contributed by atoms with Crippen LogP contribution in [0.2, 0.25) is 0 Å². The summed E-state index contributed by atoms with van der Waals surface area (Å²) in [7, 11) is 0. The largest absolute Gasteiger partial charge is 0.481 e. The summed E-state index contributed by atoms with van der Waals surface area (Å²) in [6.07, 6.45) is 2.84. The van der Waals surface area contributed by atoms with E-state index in [0.29, 0.717) is 11.6 Å². The zero-order valence-electron chi connectivity index (χ0n) is 9.18. The van der Waals surface area contributed by atoms with Gasteiger partial charge in [-0.3, -0.25) is 9.78 Å². The fraction of sp³-hybridized carbons (Fsp3) is 0.0769. The number of pyridine rings is 1. The Labute approximate surface area is 102 Å². The summed E-state index contributed by atoms with van der Waals surface area (Å²) in [5.74, 6) is -4.04. The van der Waals surface area contributed by atoms with Crippen LogP contribution in [0.3, 0.4) is 0 Å². The molecule has 1 heterocycles. The molecule has 2 aromatic rings. The third kappa shape index (κ3) is 2.34. The van der Waals surface area contributed by atoms with Gasteiger partial charge >= 0.3 is 5.97 Å². The number of carboxylic acids is 1. The smallest absolute Gasteiger partial charge is 0.315 e. The van der Waals surface area contributed by atoms with Crippen LogP contribution in [0.4, 0.5) is 8.78 Å². The lowest BCUT2D eigenvalue weighted by Crippen LogP contribution is -2.15. The number of aromatic nitrogens is 1. The molecule has 2 rings (SSSR count). The molecule has 5 heteroatoms. The zero-order chi connectivity index (χ0) is 13.1. The van der Waals surface area contributed by atoms with Gasteiger partial charge in [-0.15, -0.1) is 0 Å². The summed E-state index contributed by atoms with van der Waals surface area (Å²) < 4.78 is 26.4. The van der Waals surface area contributed by atoms with Gasteiger partial charge in [-0.25, -0.2) is 8.78 Å². The maximum atomic E-state index is 13.6. The highest BCUT2D eigenvalue weighted by Crippen LogP contribution is 2.27. The van der Waals surface area contributed by atoms with Crippen LogP contribution < -0.4 is 0 Å². The van der Waals surface area contributed by atoms with Crippen LogP contribution in [0.25, 0.3) is 0 Å². The second-order valence-electron chi connectivity index (χ2n) is 3.72. The van der Waals surface area contributed by atoms with Gasteiger partial charge in [0.25, 0.3) is 0 Å². The van der Waals surface area contributed by atoms with Crippen LogP contribution in [0, 0.1) is 11.6 Å². The van der Waals surface area contributed by atoms with Gasteiger partial charge in [-0.2, -0.15) is 0 Å². The zero-order valence-corrected chi connectivity index (χ0v) is 9.18. The predicted octanol–water partition coefficient (Wildman–Crippen LogP) is 2.58. The van der Waals surface area contributed by atoms with E-state index in [1.807, 2.05) is 0 Å². The molecule has 0 aliphatic carbocycles. The minimum absolute atomic E-state index is 0.0862. The molecule has 0 aliphatic heterocycles. The quantitative estimate of drug-likeness (QED) is 0.909. The number of carbonyl (C=O) groups is 1. The first-order chi connectivity index (χ1) is 8.59. The van der Waals surface area contributed by atoms with Crippen molar-refractivity contribution in [2.24, 2.45) is 0 Å². The molecule has 0 amide bonds. The van der Waals surface area contributed by atoms with Crippen molar-refractivity contribution in [1.82, 2.24) is 4.98 Å². The number of nitrogens with zero attached hydrogens (tertiary/aromatic N) is 1. The highest BCUT2D eigenvalue weighted by atomic mass is 19.1. The number of hydrogen-bond acceptors (Lipinski definition) is 2. The van der Waals surface area contributed by atoms with Crippen molar-refractivity contribution < 1.29 is 18.7 Å². The van der Waals surface area contributed by atoms with Gasteiger partial charge in [0, 0.05) is 24.0 Å². The Morgan fingerprint density at radius 1 is 1.28 bits per heavy atom. The van der Waals surface area contributed by atoms with Crippen LogP contribution in [0.5, 0.6) is 0 Å². The minimum atomic E-state index is -1.21. The van der Waals surface area contributed by atoms with Crippen LogP contribution in [0.15, 0.2) is 42.7 Å². The van der Waals surface area contributed by atoms with Gasteiger partial charge in [0.05, 0.1) is 0 Å². The van der Waals surface area contributed by atoms with Crippen LogP contribution in [0.1, 0.15) is 17.0 Å². The molecule has 1 aromatic heterocycles. The van der Waals surface area contributed by atoms with Crippen molar-refractivity contribution in [3.8, 4) is 0 Å². The van der Waals surface area contributed by atoms with Gasteiger partial charge in [0.15, 0.2) is 0 Å². The maximum Gasteiger partial charge on any atom is 0.315 e. The van der Waals surface area contributed by atoms with E-state index in [0.717, 1.165) is 12.1 Å². The number of hydrogen-bond donors (Lipinski definition) is 1. The summed E-state index contributed by atoms with van der Waals surface area (Å²) >= 11 is 0. The maximum absolute atomic E-state index is 13.6. The number of rotatable bonds is 3. The Morgan fingerprint density at radius 3 is 2.61 bits per heavy atom. The molecule has 1 atom stereocenters. The Kier molecular flexibility index (Phi) is 3.32. The summed E-state index contributed by atoms with van der Waals surface area (Å²) in [5, 5.41) is 9.19. The molecule has 1 aromatic carbocycles. The van der Waals surface area contributed by atoms with E-state index in [1.165, 1.54) is 18.5 Å². The molecule has 92 valence electrons. The second-order valence-corrected chi connectivity index (χ2v) is 3.72. The van der Waals surface area contributed by atoms with E-state index in [1.54, 1.807) is 6.07 Å². The number of carboxylic acid groups (broad SMARTS) is 1. The van der Waals surface area contributed by atoms with Gasteiger partial charge in [-0.1, -0.05) is 12.1 Å². The SMILES string of the molecule is O=C(O)C(c1cccnc1)c1ccc(F)cc1F. The number of halogens is 2. The minimum Gasteiger partial charge on any atom is -0.481 e. The molecule has 0 saturated carbocycles. The van der Waals surface area contributed by atoms with Crippen molar-refractivity contribution in [1.29, 1.82) is 0 Å². The first kappa shape index (κ1) is 12.2. The Hall–Kier alpha value is -2.30. The van der Waals surface area contributed by atoms with E-state index >= 15 is 0 Å². The van der Waals surface area contributed by atoms with Gasteiger partial charge < -0.3 is 5.11 Å². The van der Waals surface area contributed by atoms with Crippen LogP contribution in [-0.2, 0) is 4.79 Å². The lowest BCUT2D eigenvalue weighted by atomic mass is 9.92. The number of benzene rings is 1. The third-order valence-electron chi connectivity index (χ3n) is 2.54. The van der Waals surface area contributed by atoms with Crippen LogP contribution >= 0.6 is 0 Å². The topological polar surface area (TPSA) is 50.2 Å². The third-order valence-corrected chi connectivity index (χ3v) is 2.54. The molecule has 1 unspecified atom stereocenters. The van der Waals surface area contributed by atoms with E-state index in [9.17, 15) is 18.7 Å². The molecule has 3 nitrogen and oxygen atoms in total.